The maximum absolute atomic E-state index is 12.2. The second-order valence-corrected chi connectivity index (χ2v) is 5.20. The van der Waals surface area contributed by atoms with E-state index < -0.39 is 12.1 Å². The van der Waals surface area contributed by atoms with Crippen LogP contribution in [0.4, 0.5) is 18.9 Å². The van der Waals surface area contributed by atoms with Crippen LogP contribution in [0.1, 0.15) is 18.1 Å². The molecule has 0 heterocycles. The summed E-state index contributed by atoms with van der Waals surface area (Å²) >= 11 is 0. The molecule has 134 valence electrons. The number of rotatable bonds is 5. The Morgan fingerprint density at radius 1 is 1.15 bits per heavy atom. The van der Waals surface area contributed by atoms with E-state index in [1.807, 2.05) is 6.92 Å². The summed E-state index contributed by atoms with van der Waals surface area (Å²) in [6.45, 7) is 2.43. The molecule has 2 aromatic rings. The van der Waals surface area contributed by atoms with E-state index in [9.17, 15) is 23.2 Å². The molecule has 0 fully saturated rings. The summed E-state index contributed by atoms with van der Waals surface area (Å²) in [6, 6.07) is 14.7. The highest BCUT2D eigenvalue weighted by atomic mass is 19.4. The molecule has 0 saturated heterocycles. The summed E-state index contributed by atoms with van der Waals surface area (Å²) < 4.78 is 42.1. The average molecular weight is 360 g/mol. The Kier molecular flexibility index (Phi) is 6.02. The molecular weight excluding hydrogens is 345 g/mol. The van der Waals surface area contributed by atoms with Gasteiger partial charge in [0.2, 0.25) is 0 Å². The lowest BCUT2D eigenvalue weighted by Gasteiger charge is -2.08. The smallest absolute Gasteiger partial charge is 0.471 e. The molecule has 0 bridgehead atoms. The maximum Gasteiger partial charge on any atom is 0.471 e. The minimum atomic E-state index is -4.95. The van der Waals surface area contributed by atoms with E-state index in [2.05, 4.69) is 6.07 Å². The van der Waals surface area contributed by atoms with Crippen LogP contribution in [0.2, 0.25) is 0 Å². The van der Waals surface area contributed by atoms with Crippen LogP contribution in [0, 0.1) is 11.3 Å². The summed E-state index contributed by atoms with van der Waals surface area (Å²) in [5.74, 6) is -1.33. The number of halogens is 3. The van der Waals surface area contributed by atoms with Crippen molar-refractivity contribution in [2.45, 2.75) is 13.1 Å². The molecule has 0 saturated carbocycles. The lowest BCUT2D eigenvalue weighted by molar-refractivity contribution is -0.167. The highest BCUT2D eigenvalue weighted by Gasteiger charge is 2.38. The highest BCUT2D eigenvalue weighted by molar-refractivity contribution is 5.95. The van der Waals surface area contributed by atoms with Crippen LogP contribution < -0.4 is 10.1 Å². The van der Waals surface area contributed by atoms with Crippen molar-refractivity contribution in [2.24, 2.45) is 0 Å². The van der Waals surface area contributed by atoms with E-state index >= 15 is 0 Å². The predicted octanol–water partition coefficient (Wildman–Crippen LogP) is 4.65. The van der Waals surface area contributed by atoms with Gasteiger partial charge in [-0.3, -0.25) is 4.79 Å². The second-order valence-electron chi connectivity index (χ2n) is 5.20. The van der Waals surface area contributed by atoms with Crippen molar-refractivity contribution in [1.82, 2.24) is 0 Å². The van der Waals surface area contributed by atoms with Gasteiger partial charge in [0.15, 0.2) is 0 Å². The van der Waals surface area contributed by atoms with Crippen molar-refractivity contribution >= 4 is 23.2 Å². The van der Waals surface area contributed by atoms with Crippen LogP contribution in [0.5, 0.6) is 5.75 Å². The molecule has 1 amide bonds. The van der Waals surface area contributed by atoms with Crippen molar-refractivity contribution < 1.29 is 22.7 Å². The highest BCUT2D eigenvalue weighted by Crippen LogP contribution is 2.23. The van der Waals surface area contributed by atoms with Gasteiger partial charge in [0, 0.05) is 5.69 Å². The Hall–Kier alpha value is -3.27. The number of benzene rings is 2. The Bertz CT molecular complexity index is 833. The number of hydrogen-bond acceptors (Lipinski definition) is 3. The summed E-state index contributed by atoms with van der Waals surface area (Å²) in [4.78, 5) is 10.9. The lowest BCUT2D eigenvalue weighted by atomic mass is 10.0. The number of alkyl halides is 3. The van der Waals surface area contributed by atoms with Gasteiger partial charge >= 0.3 is 12.1 Å². The topological polar surface area (TPSA) is 62.1 Å². The van der Waals surface area contributed by atoms with Gasteiger partial charge in [0.05, 0.1) is 18.2 Å². The van der Waals surface area contributed by atoms with E-state index in [0.717, 1.165) is 5.56 Å². The van der Waals surface area contributed by atoms with E-state index in [0.29, 0.717) is 23.5 Å². The Labute approximate surface area is 148 Å². The third-order valence-corrected chi connectivity index (χ3v) is 3.33. The quantitative estimate of drug-likeness (QED) is 0.624. The van der Waals surface area contributed by atoms with Crippen LogP contribution in [0.15, 0.2) is 48.5 Å². The van der Waals surface area contributed by atoms with Gasteiger partial charge in [-0.15, -0.1) is 0 Å². The molecule has 0 aliphatic rings. The summed E-state index contributed by atoms with van der Waals surface area (Å²) in [7, 11) is 0. The van der Waals surface area contributed by atoms with Crippen LogP contribution in [-0.4, -0.2) is 18.7 Å². The Morgan fingerprint density at radius 2 is 1.77 bits per heavy atom. The second kappa shape index (κ2) is 8.21. The van der Waals surface area contributed by atoms with Crippen molar-refractivity contribution in [1.29, 1.82) is 5.26 Å². The zero-order valence-corrected chi connectivity index (χ0v) is 13.8. The van der Waals surface area contributed by atoms with Crippen LogP contribution >= 0.6 is 0 Å². The maximum atomic E-state index is 12.2. The molecule has 0 spiro atoms. The summed E-state index contributed by atoms with van der Waals surface area (Å²) in [5, 5.41) is 11.1. The number of allylic oxidation sites excluding steroid dienone is 1. The fourth-order valence-electron chi connectivity index (χ4n) is 2.11. The van der Waals surface area contributed by atoms with Crippen molar-refractivity contribution in [3.05, 3.63) is 59.7 Å². The molecule has 2 aromatic carbocycles. The fourth-order valence-corrected chi connectivity index (χ4v) is 2.11. The molecule has 0 aliphatic heterocycles. The van der Waals surface area contributed by atoms with Crippen LogP contribution in [-0.2, 0) is 4.79 Å². The Balaban J connectivity index is 2.17. The van der Waals surface area contributed by atoms with Crippen LogP contribution in [0.3, 0.4) is 0 Å². The van der Waals surface area contributed by atoms with Gasteiger partial charge in [-0.05, 0) is 48.4 Å². The molecule has 4 nitrogen and oxygen atoms in total. The molecule has 0 aliphatic carbocycles. The number of ether oxygens (including phenoxy) is 1. The monoisotopic (exact) mass is 360 g/mol. The first-order valence-electron chi connectivity index (χ1n) is 7.66. The summed E-state index contributed by atoms with van der Waals surface area (Å²) in [6.07, 6.45) is -3.30. The van der Waals surface area contributed by atoms with Crippen molar-refractivity contribution in [2.75, 3.05) is 11.9 Å². The van der Waals surface area contributed by atoms with E-state index in [1.54, 1.807) is 35.7 Å². The molecule has 0 radical (unpaired) electrons. The van der Waals surface area contributed by atoms with Gasteiger partial charge in [0.25, 0.3) is 0 Å². The lowest BCUT2D eigenvalue weighted by Crippen LogP contribution is -2.29. The van der Waals surface area contributed by atoms with Gasteiger partial charge in [-0.2, -0.15) is 18.4 Å². The largest absolute Gasteiger partial charge is 0.494 e. The zero-order chi connectivity index (χ0) is 19.2. The predicted molar refractivity (Wildman–Crippen MR) is 92.2 cm³/mol. The minimum absolute atomic E-state index is 0.00516. The van der Waals surface area contributed by atoms with Crippen molar-refractivity contribution in [3.63, 3.8) is 0 Å². The molecule has 26 heavy (non-hydrogen) atoms. The zero-order valence-electron chi connectivity index (χ0n) is 13.8. The molecule has 1 N–H and O–H groups in total. The SMILES string of the molecule is CCOc1ccc(/C=C(\C#N)c2ccc(NC(=O)C(F)(F)F)cc2)cc1. The number of carbonyl (C=O) groups is 1. The van der Waals surface area contributed by atoms with Gasteiger partial charge in [-0.25, -0.2) is 0 Å². The number of carbonyl (C=O) groups excluding carboxylic acids is 1. The first-order valence-corrected chi connectivity index (χ1v) is 7.66. The van der Waals surface area contributed by atoms with Crippen molar-refractivity contribution in [3.8, 4) is 11.8 Å². The first-order chi connectivity index (χ1) is 12.3. The number of anilines is 1. The van der Waals surface area contributed by atoms with E-state index in [4.69, 9.17) is 4.74 Å². The normalized spacial score (nSPS) is 11.6. The third kappa shape index (κ3) is 5.11. The summed E-state index contributed by atoms with van der Waals surface area (Å²) in [5.41, 5.74) is 1.63. The number of hydrogen-bond donors (Lipinski definition) is 1. The van der Waals surface area contributed by atoms with Crippen LogP contribution in [0.25, 0.3) is 11.6 Å². The average Bonchev–Trinajstić information content (AvgIpc) is 2.61. The molecule has 2 rings (SSSR count). The molecule has 0 aromatic heterocycles. The van der Waals surface area contributed by atoms with E-state index in [-0.39, 0.29) is 5.69 Å². The Morgan fingerprint density at radius 3 is 2.27 bits per heavy atom. The molecule has 0 atom stereocenters. The van der Waals surface area contributed by atoms with E-state index in [1.165, 1.54) is 24.3 Å². The number of nitrogens with one attached hydrogen (secondary N) is 1. The molecular formula is C19H15F3N2O2. The number of amides is 1. The number of nitrogens with zero attached hydrogens (tertiary/aromatic N) is 1. The molecule has 7 heteroatoms. The fraction of sp³-hybridized carbons (Fsp3) is 0.158. The number of nitriles is 1. The third-order valence-electron chi connectivity index (χ3n) is 3.33. The standard InChI is InChI=1S/C19H15F3N2O2/c1-2-26-17-9-3-13(4-10-17)11-15(12-23)14-5-7-16(8-6-14)24-18(25)19(20,21)22/h3-11H,2H2,1H3,(H,24,25)/b15-11+. The van der Waals surface area contributed by atoms with Gasteiger partial charge in [0.1, 0.15) is 5.75 Å². The molecule has 0 unspecified atom stereocenters. The van der Waals surface area contributed by atoms with Gasteiger partial charge in [-0.1, -0.05) is 24.3 Å². The van der Waals surface area contributed by atoms with Gasteiger partial charge < -0.3 is 10.1 Å². The first kappa shape index (κ1) is 19.1. The minimum Gasteiger partial charge on any atom is -0.494 e.